The lowest BCUT2D eigenvalue weighted by Crippen LogP contribution is -2.39. The molecule has 8 atom stereocenters. The quantitative estimate of drug-likeness (QED) is 0.0140. The molecule has 5 N–H and O–H groups in total. The molecule has 0 unspecified atom stereocenters. The number of aryl methyl sites for hydroxylation is 3. The summed E-state index contributed by atoms with van der Waals surface area (Å²) < 4.78 is 45.0. The van der Waals surface area contributed by atoms with E-state index in [2.05, 4.69) is 47.9 Å². The predicted octanol–water partition coefficient (Wildman–Crippen LogP) is 17.7. The molecule has 0 saturated carbocycles. The highest BCUT2D eigenvalue weighted by Gasteiger charge is 2.43. The highest BCUT2D eigenvalue weighted by Crippen LogP contribution is 2.47. The van der Waals surface area contributed by atoms with Crippen LogP contribution >= 0.6 is 11.6 Å². The van der Waals surface area contributed by atoms with Crippen molar-refractivity contribution in [2.45, 2.75) is 212 Å². The van der Waals surface area contributed by atoms with Gasteiger partial charge in [-0.05, 0) is 237 Å². The van der Waals surface area contributed by atoms with Crippen LogP contribution in [0.5, 0.6) is 40.2 Å². The summed E-state index contributed by atoms with van der Waals surface area (Å²) in [7, 11) is 7.17. The zero-order valence-electron chi connectivity index (χ0n) is 83.3. The minimum atomic E-state index is -0.816. The number of aliphatic imine (C=N–C) groups is 2. The van der Waals surface area contributed by atoms with E-state index >= 15 is 0 Å². The van der Waals surface area contributed by atoms with Crippen LogP contribution in [0.15, 0.2) is 192 Å². The molecular formula is C114H119ClN10O21. The van der Waals surface area contributed by atoms with E-state index in [9.17, 15) is 62.6 Å². The molecule has 10 aromatic rings. The van der Waals surface area contributed by atoms with Gasteiger partial charge in [0.05, 0.1) is 82.2 Å². The molecule has 0 fully saturated rings. The number of esters is 2. The first-order valence-electron chi connectivity index (χ1n) is 49.3. The number of rotatable bonds is 35. The van der Waals surface area contributed by atoms with Crippen molar-refractivity contribution in [3.8, 4) is 40.2 Å². The molecular weight excluding hydrogens is 1880 g/mol. The molecule has 8 aliphatic rings. The van der Waals surface area contributed by atoms with Gasteiger partial charge in [-0.25, -0.2) is 0 Å². The molecule has 8 amide bonds. The number of para-hydroxylation sites is 4. The Bertz CT molecular complexity index is 6820. The number of benzene rings is 10. The maximum Gasteiger partial charge on any atom is 0.305 e. The third-order valence-corrected chi connectivity index (χ3v) is 28.0. The third-order valence-electron chi connectivity index (χ3n) is 27.7. The van der Waals surface area contributed by atoms with Crippen molar-refractivity contribution >= 4 is 140 Å². The fourth-order valence-corrected chi connectivity index (χ4v) is 20.1. The first-order chi connectivity index (χ1) is 70.5. The number of anilines is 6. The number of amides is 8. The lowest BCUT2D eigenvalue weighted by Gasteiger charge is -2.23. The van der Waals surface area contributed by atoms with E-state index in [4.69, 9.17) is 45.0 Å². The second kappa shape index (κ2) is 46.5. The number of nitrogens with one attached hydrogen (secondary N) is 4. The van der Waals surface area contributed by atoms with E-state index in [1.165, 1.54) is 39.6 Å². The average molecular weight is 2000 g/mol. The third kappa shape index (κ3) is 23.6. The normalized spacial score (nSPS) is 16.7. The summed E-state index contributed by atoms with van der Waals surface area (Å²) in [4.78, 5) is 172. The molecule has 8 aliphatic heterocycles. The number of halogens is 1. The molecule has 0 bridgehead atoms. The number of ether oxygens (including phenoxy) is 8. The lowest BCUT2D eigenvalue weighted by molar-refractivity contribution is -0.141. The van der Waals surface area contributed by atoms with Gasteiger partial charge in [-0.3, -0.25) is 77.3 Å². The Labute approximate surface area is 852 Å². The molecule has 0 saturated heterocycles. The number of unbranched alkanes of at least 4 members (excludes halogenated alkanes) is 2. The molecule has 758 valence electrons. The number of methoxy groups -OCH3 is 5. The number of carbonyl (C=O) groups excluding carboxylic acids is 12. The van der Waals surface area contributed by atoms with Crippen LogP contribution in [0, 0.1) is 18.8 Å². The zero-order valence-corrected chi connectivity index (χ0v) is 84.1. The molecule has 32 heteroatoms. The number of phenolic OH excluding ortho intramolecular Hbond substituents is 1. The van der Waals surface area contributed by atoms with Gasteiger partial charge in [0.25, 0.3) is 23.6 Å². The van der Waals surface area contributed by atoms with Gasteiger partial charge < -0.3 is 74.1 Å². The molecule has 0 aliphatic carbocycles. The van der Waals surface area contributed by atoms with Crippen LogP contribution in [0.1, 0.15) is 207 Å². The number of ketones is 2. The summed E-state index contributed by atoms with van der Waals surface area (Å²) in [6.07, 6.45) is 12.4. The average Bonchev–Trinajstić information content (AvgIpc) is 1.63. The van der Waals surface area contributed by atoms with E-state index in [0.717, 1.165) is 88.2 Å². The number of phenols is 1. The monoisotopic (exact) mass is 2000 g/mol. The molecule has 0 radical (unpaired) electrons. The fraction of sp³-hybridized carbons (Fsp3) is 0.351. The highest BCUT2D eigenvalue weighted by molar-refractivity contribution is 6.18. The Balaban J connectivity index is 0.000000178. The summed E-state index contributed by atoms with van der Waals surface area (Å²) in [6, 6.07) is 55.0. The SMILES string of the molecule is COC(=O)CCCCC(=O)N[C@@H](C)C(=O)C[C@@H](C)C(=O)Nc1cc(CCl)cc(COc2cc3c(cc2OC)C(=O)N2c4ccccc4C[C@H]2C=N3)c1.COC(=O)CCCCC(=O)N[C@@H](C)C(=O)C[C@@H](C)C(=O)Nc1cc(COc2cc3c(cc2C)C(=O)N2c4ccccc4C[C@H]2C=N3)cc(COc2cc3c(cc2OC)C(=O)N2c4ccccc4C[C@H]2CC3)c1.COc1cc2c(cc1O)CC[C@@H]1Cc3ccccc3N1C2=O. The summed E-state index contributed by atoms with van der Waals surface area (Å²) in [5.74, 6) is -1.62. The van der Waals surface area contributed by atoms with E-state index in [-0.39, 0.29) is 159 Å². The van der Waals surface area contributed by atoms with Crippen molar-refractivity contribution in [3.63, 3.8) is 0 Å². The molecule has 0 aromatic heterocycles. The van der Waals surface area contributed by atoms with Crippen LogP contribution in [0.3, 0.4) is 0 Å². The van der Waals surface area contributed by atoms with E-state index in [0.29, 0.717) is 141 Å². The number of hydrogen-bond donors (Lipinski definition) is 5. The van der Waals surface area contributed by atoms with E-state index < -0.39 is 29.8 Å². The summed E-state index contributed by atoms with van der Waals surface area (Å²) in [6.45, 7) is 8.59. The van der Waals surface area contributed by atoms with Gasteiger partial charge in [0.2, 0.25) is 23.6 Å². The Morgan fingerprint density at radius 1 is 0.404 bits per heavy atom. The van der Waals surface area contributed by atoms with Gasteiger partial charge in [0, 0.05) is 151 Å². The Kier molecular flexibility index (Phi) is 32.9. The Hall–Kier alpha value is -15.5. The number of fused-ring (bicyclic) bond motifs is 16. The Morgan fingerprint density at radius 3 is 1.21 bits per heavy atom. The van der Waals surface area contributed by atoms with Crippen LogP contribution in [0.4, 0.5) is 45.5 Å². The maximum absolute atomic E-state index is 14.1. The first kappa shape index (κ1) is 103. The van der Waals surface area contributed by atoms with Gasteiger partial charge in [-0.2, -0.15) is 0 Å². The van der Waals surface area contributed by atoms with Crippen LogP contribution < -0.4 is 69.3 Å². The number of hydrogen-bond acceptors (Lipinski definition) is 23. The van der Waals surface area contributed by atoms with Gasteiger partial charge in [0.1, 0.15) is 25.6 Å². The minimum absolute atomic E-state index is 0.000694. The topological polar surface area (TPSA) is 385 Å². The van der Waals surface area contributed by atoms with Gasteiger partial charge in [0.15, 0.2) is 46.1 Å². The second-order valence-corrected chi connectivity index (χ2v) is 38.2. The zero-order chi connectivity index (χ0) is 103. The lowest BCUT2D eigenvalue weighted by atomic mass is 9.99. The van der Waals surface area contributed by atoms with Crippen molar-refractivity contribution in [1.29, 1.82) is 0 Å². The van der Waals surface area contributed by atoms with Crippen LogP contribution in [-0.4, -0.2) is 160 Å². The molecule has 18 rings (SSSR count). The largest absolute Gasteiger partial charge is 0.504 e. The molecule has 10 aromatic carbocycles. The molecule has 8 heterocycles. The van der Waals surface area contributed by atoms with Gasteiger partial charge in [-0.1, -0.05) is 92.7 Å². The van der Waals surface area contributed by atoms with Crippen molar-refractivity contribution in [2.24, 2.45) is 21.8 Å². The van der Waals surface area contributed by atoms with E-state index in [1.807, 2.05) is 137 Å². The molecule has 31 nitrogen and oxygen atoms in total. The maximum atomic E-state index is 14.1. The number of Topliss-reactive ketones (excluding diaryl/α,β-unsaturated/α-hetero) is 2. The highest BCUT2D eigenvalue weighted by atomic mass is 35.5. The number of nitrogens with zero attached hydrogens (tertiary/aromatic N) is 6. The van der Waals surface area contributed by atoms with Crippen molar-refractivity contribution in [1.82, 2.24) is 10.6 Å². The summed E-state index contributed by atoms with van der Waals surface area (Å²) >= 11 is 6.20. The second-order valence-electron chi connectivity index (χ2n) is 37.9. The summed E-state index contributed by atoms with van der Waals surface area (Å²) in [5.41, 5.74) is 17.7. The molecule has 146 heavy (non-hydrogen) atoms. The first-order valence-corrected chi connectivity index (χ1v) is 49.8. The van der Waals surface area contributed by atoms with Crippen LogP contribution in [0.2, 0.25) is 0 Å². The predicted molar refractivity (Wildman–Crippen MR) is 554 cm³/mol. The smallest absolute Gasteiger partial charge is 0.305 e. The Morgan fingerprint density at radius 2 is 0.767 bits per heavy atom. The standard InChI is InChI=1S/C57H59N5O10.C39H43ClN4O8.C18H17NO3/c1-33-20-45-46(58-30-43-26-40-13-7-9-15-48(40)62(43)57(45)68)29-50(33)71-31-36-22-37(24-41(23-36)60-55(66)34(2)21-49(63)35(3)59-53(64)16-10-11-17-54(65)70-5)32-72-52-27-38-18-19-42-25-39-12-6-8-14-47(39)61(42)56(67)44(38)28-51(52)69-4;1-23(13-33(45)24(2)42-36(46)11-7-8-12-37(47)51-4)38(48)43-28-15-25(20-40)14-26(16-28)22-52-35-19-31-30(18-34(35)50-3)39(49)44-29(21-41-31)17-27-9-5-6-10-32(27)44;1-22-17-10-14-11(9-16(17)20)6-7-13-8-12-4-2-3-5-15(12)19(13)18(14)21/h6-9,12-15,20,22-24,27-30,34-35,42-43H,10-11,16-19,21,25-26,31-32H2,1-5H3,(H,59,64)(H,60,66);5-6,9-10,14-16,18-19,21,23-24,29H,7-8,11-13,17,20,22H2,1-4H3,(H,42,46)(H,43,48);2-5,9-10,13,20H,6-8H2,1H3/t34-,35+,42-,43+;23-,24+,29+;13-/m111/s1. The minimum Gasteiger partial charge on any atom is -0.504 e. The van der Waals surface area contributed by atoms with E-state index in [1.54, 1.807) is 107 Å². The van der Waals surface area contributed by atoms with Gasteiger partial charge >= 0.3 is 11.9 Å². The van der Waals surface area contributed by atoms with Crippen molar-refractivity contribution in [3.05, 3.63) is 265 Å². The molecule has 0 spiro atoms. The van der Waals surface area contributed by atoms with Crippen LogP contribution in [0.25, 0.3) is 0 Å². The summed E-state index contributed by atoms with van der Waals surface area (Å²) in [5, 5.41) is 21.2. The fourth-order valence-electron chi connectivity index (χ4n) is 19.9. The number of alkyl halides is 1. The van der Waals surface area contributed by atoms with Gasteiger partial charge in [-0.15, -0.1) is 11.6 Å². The van der Waals surface area contributed by atoms with Crippen molar-refractivity contribution in [2.75, 3.05) is 65.8 Å². The number of aromatic hydroxyl groups is 1. The number of carbonyl (C=O) groups is 12. The van der Waals surface area contributed by atoms with Crippen LogP contribution in [-0.2, 0) is 112 Å². The van der Waals surface area contributed by atoms with Crippen molar-refractivity contribution < 1.29 is 101 Å².